The van der Waals surface area contributed by atoms with Crippen molar-refractivity contribution in [3.05, 3.63) is 12.3 Å². The Balaban J connectivity index is 2.59. The molecule has 1 rings (SSSR count). The Kier molecular flexibility index (Phi) is 3.31. The number of carbonyl (C=O) groups excluding carboxylic acids is 1. The van der Waals surface area contributed by atoms with Crippen molar-refractivity contribution in [2.45, 2.75) is 32.4 Å². The molecule has 1 amide bonds. The smallest absolute Gasteiger partial charge is 0.414 e. The average molecular weight is 185 g/mol. The first kappa shape index (κ1) is 10.1. The van der Waals surface area contributed by atoms with E-state index in [1.165, 1.54) is 4.90 Å². The second-order valence-electron chi connectivity index (χ2n) is 3.10. The standard InChI is InChI=1S/C9H15NO3/c1-3-13-9(12)10-5-4-8(11)6-7(10)2/h4-5,7-8,11H,3,6H2,1-2H3/t7-,8+/m1/s1. The van der Waals surface area contributed by atoms with E-state index in [0.29, 0.717) is 13.0 Å². The molecule has 0 aromatic heterocycles. The van der Waals surface area contributed by atoms with Crippen LogP contribution in [0.4, 0.5) is 4.79 Å². The number of carbonyl (C=O) groups is 1. The quantitative estimate of drug-likeness (QED) is 0.665. The maximum atomic E-state index is 11.3. The third-order valence-corrected chi connectivity index (χ3v) is 2.00. The van der Waals surface area contributed by atoms with Crippen LogP contribution in [0.15, 0.2) is 12.3 Å². The average Bonchev–Trinajstić information content (AvgIpc) is 2.04. The van der Waals surface area contributed by atoms with E-state index < -0.39 is 6.10 Å². The minimum absolute atomic E-state index is 0.000880. The molecule has 4 heteroatoms. The molecule has 0 bridgehead atoms. The first-order valence-corrected chi connectivity index (χ1v) is 4.46. The van der Waals surface area contributed by atoms with Gasteiger partial charge in [-0.3, -0.25) is 4.90 Å². The second-order valence-corrected chi connectivity index (χ2v) is 3.10. The molecular weight excluding hydrogens is 170 g/mol. The number of amides is 1. The van der Waals surface area contributed by atoms with Gasteiger partial charge >= 0.3 is 6.09 Å². The number of hydrogen-bond donors (Lipinski definition) is 1. The summed E-state index contributed by atoms with van der Waals surface area (Å²) in [6.45, 7) is 4.02. The van der Waals surface area contributed by atoms with Crippen LogP contribution in [-0.4, -0.2) is 34.9 Å². The topological polar surface area (TPSA) is 49.8 Å². The van der Waals surface area contributed by atoms with Crippen LogP contribution in [0.25, 0.3) is 0 Å². The predicted octanol–water partition coefficient (Wildman–Crippen LogP) is 1.11. The van der Waals surface area contributed by atoms with Crippen LogP contribution in [0.2, 0.25) is 0 Å². The van der Waals surface area contributed by atoms with Crippen molar-refractivity contribution < 1.29 is 14.6 Å². The molecule has 0 saturated heterocycles. The van der Waals surface area contributed by atoms with Crippen LogP contribution < -0.4 is 0 Å². The largest absolute Gasteiger partial charge is 0.449 e. The molecule has 74 valence electrons. The summed E-state index contributed by atoms with van der Waals surface area (Å²) in [4.78, 5) is 12.8. The Morgan fingerprint density at radius 2 is 2.46 bits per heavy atom. The minimum atomic E-state index is -0.444. The Bertz CT molecular complexity index is 215. The Hall–Kier alpha value is -1.03. The molecule has 13 heavy (non-hydrogen) atoms. The van der Waals surface area contributed by atoms with Crippen LogP contribution in [-0.2, 0) is 4.74 Å². The Labute approximate surface area is 77.8 Å². The highest BCUT2D eigenvalue weighted by atomic mass is 16.6. The first-order chi connectivity index (χ1) is 6.15. The van der Waals surface area contributed by atoms with Crippen LogP contribution in [0.1, 0.15) is 20.3 Å². The fourth-order valence-corrected chi connectivity index (χ4v) is 1.32. The molecule has 0 spiro atoms. The molecule has 4 nitrogen and oxygen atoms in total. The second kappa shape index (κ2) is 4.28. The number of hydrogen-bond acceptors (Lipinski definition) is 3. The molecule has 1 N–H and O–H groups in total. The molecule has 0 aromatic rings. The fraction of sp³-hybridized carbons (Fsp3) is 0.667. The van der Waals surface area contributed by atoms with Crippen molar-refractivity contribution in [2.24, 2.45) is 0 Å². The highest BCUT2D eigenvalue weighted by Gasteiger charge is 2.24. The van der Waals surface area contributed by atoms with Crippen molar-refractivity contribution in [1.82, 2.24) is 4.90 Å². The van der Waals surface area contributed by atoms with E-state index in [0.717, 1.165) is 0 Å². The van der Waals surface area contributed by atoms with Gasteiger partial charge in [0.15, 0.2) is 0 Å². The fourth-order valence-electron chi connectivity index (χ4n) is 1.32. The highest BCUT2D eigenvalue weighted by Crippen LogP contribution is 2.15. The normalized spacial score (nSPS) is 27.5. The van der Waals surface area contributed by atoms with E-state index in [1.807, 2.05) is 6.92 Å². The number of aliphatic hydroxyl groups excluding tert-OH is 1. The number of rotatable bonds is 1. The number of nitrogens with zero attached hydrogens (tertiary/aromatic N) is 1. The maximum Gasteiger partial charge on any atom is 0.414 e. The summed E-state index contributed by atoms with van der Waals surface area (Å²) in [7, 11) is 0. The lowest BCUT2D eigenvalue weighted by Gasteiger charge is -2.29. The van der Waals surface area contributed by atoms with Crippen LogP contribution >= 0.6 is 0 Å². The van der Waals surface area contributed by atoms with Crippen molar-refractivity contribution in [1.29, 1.82) is 0 Å². The summed E-state index contributed by atoms with van der Waals surface area (Å²) in [6, 6.07) is -0.000880. The van der Waals surface area contributed by atoms with E-state index in [1.54, 1.807) is 19.2 Å². The van der Waals surface area contributed by atoms with Gasteiger partial charge < -0.3 is 9.84 Å². The lowest BCUT2D eigenvalue weighted by molar-refractivity contribution is 0.0927. The van der Waals surface area contributed by atoms with Gasteiger partial charge in [0.05, 0.1) is 12.7 Å². The molecule has 0 fully saturated rings. The number of ether oxygens (including phenoxy) is 1. The molecule has 1 heterocycles. The Morgan fingerprint density at radius 1 is 1.77 bits per heavy atom. The van der Waals surface area contributed by atoms with E-state index in [2.05, 4.69) is 0 Å². The van der Waals surface area contributed by atoms with Crippen molar-refractivity contribution in [3.63, 3.8) is 0 Å². The number of aliphatic hydroxyl groups is 1. The summed E-state index contributed by atoms with van der Waals surface area (Å²) in [5.74, 6) is 0. The summed E-state index contributed by atoms with van der Waals surface area (Å²) >= 11 is 0. The minimum Gasteiger partial charge on any atom is -0.449 e. The van der Waals surface area contributed by atoms with Gasteiger partial charge in [0.1, 0.15) is 0 Å². The molecule has 1 aliphatic heterocycles. The monoisotopic (exact) mass is 185 g/mol. The zero-order chi connectivity index (χ0) is 9.84. The molecule has 0 unspecified atom stereocenters. The SMILES string of the molecule is CCOC(=O)N1C=C[C@H](O)C[C@H]1C. The molecule has 1 aliphatic rings. The molecule has 0 radical (unpaired) electrons. The highest BCUT2D eigenvalue weighted by molar-refractivity contribution is 5.69. The van der Waals surface area contributed by atoms with Crippen molar-refractivity contribution in [2.75, 3.05) is 6.61 Å². The maximum absolute atomic E-state index is 11.3. The van der Waals surface area contributed by atoms with Gasteiger partial charge in [-0.25, -0.2) is 4.79 Å². The van der Waals surface area contributed by atoms with Crippen molar-refractivity contribution in [3.8, 4) is 0 Å². The summed E-state index contributed by atoms with van der Waals surface area (Å²) in [6.07, 6.45) is 2.95. The third kappa shape index (κ3) is 2.45. The van der Waals surface area contributed by atoms with Crippen LogP contribution in [0.3, 0.4) is 0 Å². The van der Waals surface area contributed by atoms with Gasteiger partial charge in [-0.05, 0) is 26.3 Å². The van der Waals surface area contributed by atoms with E-state index >= 15 is 0 Å². The van der Waals surface area contributed by atoms with Crippen LogP contribution in [0, 0.1) is 0 Å². The zero-order valence-corrected chi connectivity index (χ0v) is 7.93. The predicted molar refractivity (Wildman–Crippen MR) is 48.1 cm³/mol. The van der Waals surface area contributed by atoms with Gasteiger partial charge in [0, 0.05) is 12.2 Å². The lowest BCUT2D eigenvalue weighted by atomic mass is 10.1. The molecular formula is C9H15NO3. The molecule has 0 aliphatic carbocycles. The van der Waals surface area contributed by atoms with Crippen molar-refractivity contribution >= 4 is 6.09 Å². The van der Waals surface area contributed by atoms with E-state index in [4.69, 9.17) is 4.74 Å². The molecule has 0 aromatic carbocycles. The summed E-state index contributed by atoms with van der Waals surface area (Å²) in [5, 5.41) is 9.24. The molecule has 2 atom stereocenters. The molecule has 0 saturated carbocycles. The van der Waals surface area contributed by atoms with Gasteiger partial charge in [-0.2, -0.15) is 0 Å². The zero-order valence-electron chi connectivity index (χ0n) is 7.93. The third-order valence-electron chi connectivity index (χ3n) is 2.00. The van der Waals surface area contributed by atoms with Gasteiger partial charge in [-0.15, -0.1) is 0 Å². The van der Waals surface area contributed by atoms with Crippen LogP contribution in [0.5, 0.6) is 0 Å². The Morgan fingerprint density at radius 3 is 3.00 bits per heavy atom. The summed E-state index contributed by atoms with van der Waals surface area (Å²) < 4.78 is 4.84. The first-order valence-electron chi connectivity index (χ1n) is 4.46. The van der Waals surface area contributed by atoms with Gasteiger partial charge in [0.2, 0.25) is 0 Å². The van der Waals surface area contributed by atoms with Gasteiger partial charge in [0.25, 0.3) is 0 Å². The van der Waals surface area contributed by atoms with E-state index in [9.17, 15) is 9.90 Å². The summed E-state index contributed by atoms with van der Waals surface area (Å²) in [5.41, 5.74) is 0. The lowest BCUT2D eigenvalue weighted by Crippen LogP contribution is -2.39. The van der Waals surface area contributed by atoms with Gasteiger partial charge in [-0.1, -0.05) is 0 Å². The van der Waals surface area contributed by atoms with E-state index in [-0.39, 0.29) is 12.1 Å².